The van der Waals surface area contributed by atoms with E-state index in [9.17, 15) is 9.13 Å². The zero-order valence-corrected chi connectivity index (χ0v) is 29.4. The Kier molecular flexibility index (Phi) is 14.7. The normalized spacial score (nSPS) is 14.2. The first-order chi connectivity index (χ1) is 20.7. The summed E-state index contributed by atoms with van der Waals surface area (Å²) in [6.07, 6.45) is 12.1. The monoisotopic (exact) mass is 634 g/mol. The van der Waals surface area contributed by atoms with Gasteiger partial charge in [0.25, 0.3) is 0 Å². The van der Waals surface area contributed by atoms with Gasteiger partial charge in [-0.05, 0) is 73.9 Å². The van der Waals surface area contributed by atoms with Gasteiger partial charge in [-0.25, -0.2) is 0 Å². The molecule has 1 aliphatic carbocycles. The molecule has 0 N–H and O–H groups in total. The van der Waals surface area contributed by atoms with E-state index in [-0.39, 0.29) is 17.7 Å². The van der Waals surface area contributed by atoms with Crippen LogP contribution in [0, 0.1) is 0 Å². The Bertz CT molecular complexity index is 1130. The van der Waals surface area contributed by atoms with Crippen LogP contribution < -0.4 is 0 Å². The van der Waals surface area contributed by atoms with E-state index >= 15 is 0 Å². The Morgan fingerprint density at radius 3 is 1.23 bits per heavy atom. The minimum atomic E-state index is -3.25. The van der Waals surface area contributed by atoms with E-state index in [1.165, 1.54) is 60.8 Å². The lowest BCUT2D eigenvalue weighted by Gasteiger charge is -2.33. The van der Waals surface area contributed by atoms with Gasteiger partial charge < -0.3 is 18.1 Å². The van der Waals surface area contributed by atoms with E-state index in [4.69, 9.17) is 18.1 Å². The molecule has 0 aromatic heterocycles. The summed E-state index contributed by atoms with van der Waals surface area (Å²) in [7, 11) is -6.49. The Morgan fingerprint density at radius 1 is 0.535 bits per heavy atom. The quantitative estimate of drug-likeness (QED) is 0.0948. The molecule has 0 aliphatic heterocycles. The highest BCUT2D eigenvalue weighted by Gasteiger charge is 2.43. The lowest BCUT2D eigenvalue weighted by atomic mass is 9.70. The fraction of sp³-hybridized carbons (Fsp3) is 0.657. The van der Waals surface area contributed by atoms with Crippen LogP contribution in [0.2, 0.25) is 0 Å². The molecule has 0 saturated carbocycles. The first kappa shape index (κ1) is 36.2. The summed E-state index contributed by atoms with van der Waals surface area (Å²) in [5.74, 6) is 0. The topological polar surface area (TPSA) is 71.1 Å². The van der Waals surface area contributed by atoms with Crippen molar-refractivity contribution in [3.8, 4) is 11.1 Å². The number of hydrogen-bond donors (Lipinski definition) is 0. The molecule has 0 bridgehead atoms. The molecule has 0 saturated heterocycles. The van der Waals surface area contributed by atoms with Crippen LogP contribution in [0.1, 0.15) is 128 Å². The minimum Gasteiger partial charge on any atom is -0.309 e. The predicted octanol–water partition coefficient (Wildman–Crippen LogP) is 11.4. The predicted molar refractivity (Wildman–Crippen MR) is 179 cm³/mol. The molecule has 0 atom stereocenters. The summed E-state index contributed by atoms with van der Waals surface area (Å²) < 4.78 is 49.8. The Balaban J connectivity index is 2.14. The van der Waals surface area contributed by atoms with Gasteiger partial charge in [0.05, 0.1) is 38.8 Å². The summed E-state index contributed by atoms with van der Waals surface area (Å²) >= 11 is 0. The van der Waals surface area contributed by atoms with Crippen molar-refractivity contribution in [2.75, 3.05) is 26.4 Å². The van der Waals surface area contributed by atoms with Gasteiger partial charge in [-0.3, -0.25) is 9.13 Å². The lowest BCUT2D eigenvalue weighted by molar-refractivity contribution is 0.218. The van der Waals surface area contributed by atoms with E-state index in [0.717, 1.165) is 36.8 Å². The summed E-state index contributed by atoms with van der Waals surface area (Å²) in [5, 5.41) is 0. The lowest BCUT2D eigenvalue weighted by Crippen LogP contribution is -2.26. The number of benzene rings is 2. The molecule has 1 aliphatic rings. The fourth-order valence-corrected chi connectivity index (χ4v) is 10.0. The molecule has 6 nitrogen and oxygen atoms in total. The summed E-state index contributed by atoms with van der Waals surface area (Å²) in [6.45, 7) is 13.3. The van der Waals surface area contributed by atoms with Crippen molar-refractivity contribution in [1.29, 1.82) is 0 Å². The van der Waals surface area contributed by atoms with Gasteiger partial charge in [-0.1, -0.05) is 102 Å². The van der Waals surface area contributed by atoms with Crippen molar-refractivity contribution in [2.24, 2.45) is 0 Å². The van der Waals surface area contributed by atoms with Gasteiger partial charge in [0.15, 0.2) is 0 Å². The van der Waals surface area contributed by atoms with Gasteiger partial charge in [-0.15, -0.1) is 0 Å². The number of rotatable bonds is 22. The third-order valence-electron chi connectivity index (χ3n) is 8.46. The summed E-state index contributed by atoms with van der Waals surface area (Å²) in [5.41, 5.74) is 6.94. The van der Waals surface area contributed by atoms with E-state index < -0.39 is 15.2 Å². The molecule has 0 radical (unpaired) electrons. The average Bonchev–Trinajstić information content (AvgIpc) is 3.22. The van der Waals surface area contributed by atoms with Crippen LogP contribution in [-0.2, 0) is 45.0 Å². The van der Waals surface area contributed by atoms with Crippen molar-refractivity contribution in [3.05, 3.63) is 58.7 Å². The molecule has 0 fully saturated rings. The Hall–Kier alpha value is -1.26. The highest BCUT2D eigenvalue weighted by Crippen LogP contribution is 2.58. The third-order valence-corrected chi connectivity index (χ3v) is 12.6. The number of hydrogen-bond acceptors (Lipinski definition) is 6. The van der Waals surface area contributed by atoms with E-state index in [2.05, 4.69) is 50.2 Å². The van der Waals surface area contributed by atoms with Crippen LogP contribution in [-0.4, -0.2) is 26.4 Å². The van der Waals surface area contributed by atoms with E-state index in [0.29, 0.717) is 26.4 Å². The van der Waals surface area contributed by atoms with Crippen LogP contribution in [0.25, 0.3) is 11.1 Å². The molecule has 3 rings (SSSR count). The second-order valence-corrected chi connectivity index (χ2v) is 15.8. The highest BCUT2D eigenvalue weighted by atomic mass is 31.2. The third kappa shape index (κ3) is 9.38. The molecule has 0 amide bonds. The second-order valence-electron chi connectivity index (χ2n) is 11.7. The molecule has 242 valence electrons. The van der Waals surface area contributed by atoms with Crippen molar-refractivity contribution in [2.45, 2.75) is 123 Å². The molecule has 8 heteroatoms. The van der Waals surface area contributed by atoms with Crippen molar-refractivity contribution < 1.29 is 27.2 Å². The smallest absolute Gasteiger partial charge is 0.309 e. The van der Waals surface area contributed by atoms with Gasteiger partial charge in [0, 0.05) is 5.41 Å². The maximum atomic E-state index is 13.5. The first-order valence-electron chi connectivity index (χ1n) is 16.8. The second kappa shape index (κ2) is 17.4. The van der Waals surface area contributed by atoms with Crippen LogP contribution in [0.15, 0.2) is 36.4 Å². The molecule has 0 unspecified atom stereocenters. The van der Waals surface area contributed by atoms with E-state index in [1.54, 1.807) is 0 Å². The zero-order chi connectivity index (χ0) is 31.3. The SMILES string of the molecule is CCCCCCC1(CCCCCC)c2cc(CP(=O)(OCC)OCC)ccc2-c2ccc(CP(=O)(OCC)OCC)cc21. The maximum absolute atomic E-state index is 13.5. The summed E-state index contributed by atoms with van der Waals surface area (Å²) in [4.78, 5) is 0. The molecule has 0 heterocycles. The largest absolute Gasteiger partial charge is 0.335 e. The van der Waals surface area contributed by atoms with Crippen molar-refractivity contribution in [1.82, 2.24) is 0 Å². The van der Waals surface area contributed by atoms with Gasteiger partial charge in [0.1, 0.15) is 0 Å². The van der Waals surface area contributed by atoms with Gasteiger partial charge >= 0.3 is 15.2 Å². The summed E-state index contributed by atoms with van der Waals surface area (Å²) in [6, 6.07) is 13.1. The van der Waals surface area contributed by atoms with Crippen molar-refractivity contribution in [3.63, 3.8) is 0 Å². The molecular formula is C35H56O6P2. The van der Waals surface area contributed by atoms with Gasteiger partial charge in [-0.2, -0.15) is 0 Å². The molecule has 2 aromatic rings. The zero-order valence-electron chi connectivity index (χ0n) is 27.6. The van der Waals surface area contributed by atoms with Crippen LogP contribution >= 0.6 is 15.2 Å². The fourth-order valence-electron chi connectivity index (χ4n) is 6.65. The van der Waals surface area contributed by atoms with E-state index in [1.807, 2.05) is 27.7 Å². The Morgan fingerprint density at radius 2 is 0.907 bits per heavy atom. The molecule has 0 spiro atoms. The first-order valence-corrected chi connectivity index (χ1v) is 20.2. The van der Waals surface area contributed by atoms with Crippen LogP contribution in [0.4, 0.5) is 0 Å². The number of fused-ring (bicyclic) bond motifs is 3. The minimum absolute atomic E-state index is 0.166. The average molecular weight is 635 g/mol. The van der Waals surface area contributed by atoms with Crippen LogP contribution in [0.3, 0.4) is 0 Å². The van der Waals surface area contributed by atoms with Crippen LogP contribution in [0.5, 0.6) is 0 Å². The van der Waals surface area contributed by atoms with Gasteiger partial charge in [0.2, 0.25) is 0 Å². The van der Waals surface area contributed by atoms with Crippen molar-refractivity contribution >= 4 is 15.2 Å². The standard InChI is InChI=1S/C35H56O6P2/c1-7-13-15-17-23-35(24-18-16-14-8-2)33-25-29(27-42(36,38-9-3)39-10-4)19-21-31(33)32-22-20-30(26-34(32)35)28-43(37,40-11-5)41-12-6/h19-22,25-26H,7-18,23-24,27-28H2,1-6H3. The highest BCUT2D eigenvalue weighted by molar-refractivity contribution is 7.53. The molecular weight excluding hydrogens is 578 g/mol. The Labute approximate surface area is 261 Å². The maximum Gasteiger partial charge on any atom is 0.335 e. The molecule has 2 aromatic carbocycles. The number of unbranched alkanes of at least 4 members (excludes halogenated alkanes) is 6. The molecule has 43 heavy (non-hydrogen) atoms.